The maximum Gasteiger partial charge on any atom is 0.156 e. The van der Waals surface area contributed by atoms with Gasteiger partial charge < -0.3 is 5.32 Å². The summed E-state index contributed by atoms with van der Waals surface area (Å²) in [5.74, 6) is 0.321. The van der Waals surface area contributed by atoms with Crippen molar-refractivity contribution in [3.8, 4) is 0 Å². The van der Waals surface area contributed by atoms with Gasteiger partial charge in [-0.05, 0) is 13.5 Å². The first kappa shape index (κ1) is 8.01. The second-order valence-electron chi connectivity index (χ2n) is 2.67. The van der Waals surface area contributed by atoms with E-state index in [4.69, 9.17) is 0 Å². The van der Waals surface area contributed by atoms with Crippen LogP contribution in [0.5, 0.6) is 0 Å². The van der Waals surface area contributed by atoms with Crippen LogP contribution in [-0.2, 0) is 9.84 Å². The Morgan fingerprint density at radius 3 is 2.40 bits per heavy atom. The summed E-state index contributed by atoms with van der Waals surface area (Å²) < 4.78 is 22.0. The molecule has 0 bridgehead atoms. The van der Waals surface area contributed by atoms with Crippen LogP contribution in [-0.4, -0.2) is 32.5 Å². The van der Waals surface area contributed by atoms with Gasteiger partial charge in [-0.25, -0.2) is 8.42 Å². The molecule has 60 valence electrons. The Balaban J connectivity index is 2.64. The van der Waals surface area contributed by atoms with E-state index in [-0.39, 0.29) is 11.3 Å². The largest absolute Gasteiger partial charge is 0.315 e. The molecule has 0 spiro atoms. The summed E-state index contributed by atoms with van der Waals surface area (Å²) >= 11 is 0. The minimum Gasteiger partial charge on any atom is -0.315 e. The van der Waals surface area contributed by atoms with Crippen LogP contribution in [0.25, 0.3) is 0 Å². The predicted octanol–water partition coefficient (Wildman–Crippen LogP) is -0.219. The van der Waals surface area contributed by atoms with Crippen molar-refractivity contribution in [2.24, 2.45) is 0 Å². The van der Waals surface area contributed by atoms with Gasteiger partial charge in [-0.15, -0.1) is 0 Å². The molecule has 3 nitrogen and oxygen atoms in total. The zero-order valence-electron chi connectivity index (χ0n) is 6.29. The van der Waals surface area contributed by atoms with Gasteiger partial charge in [0.05, 0.1) is 11.0 Å². The fourth-order valence-corrected chi connectivity index (χ4v) is 3.45. The highest BCUT2D eigenvalue weighted by molar-refractivity contribution is 7.93. The van der Waals surface area contributed by atoms with Gasteiger partial charge in [0.25, 0.3) is 0 Å². The van der Waals surface area contributed by atoms with E-state index in [9.17, 15) is 8.42 Å². The molecule has 0 aromatic rings. The lowest BCUT2D eigenvalue weighted by atomic mass is 10.2. The molecule has 1 aliphatic heterocycles. The molecule has 0 aromatic heterocycles. The first-order valence-electron chi connectivity index (χ1n) is 3.50. The SMILES string of the molecule is CCC1C(NC)CS1(=O)=O. The first-order valence-corrected chi connectivity index (χ1v) is 5.22. The lowest BCUT2D eigenvalue weighted by Crippen LogP contribution is -2.57. The normalized spacial score (nSPS) is 37.0. The van der Waals surface area contributed by atoms with Gasteiger partial charge in [-0.2, -0.15) is 0 Å². The molecule has 1 aliphatic rings. The third kappa shape index (κ3) is 1.06. The van der Waals surface area contributed by atoms with Gasteiger partial charge in [-0.3, -0.25) is 0 Å². The summed E-state index contributed by atoms with van der Waals surface area (Å²) in [6.45, 7) is 1.91. The second-order valence-corrected chi connectivity index (χ2v) is 4.94. The van der Waals surface area contributed by atoms with Gasteiger partial charge in [0.1, 0.15) is 0 Å². The van der Waals surface area contributed by atoms with Gasteiger partial charge >= 0.3 is 0 Å². The van der Waals surface area contributed by atoms with Gasteiger partial charge in [0.2, 0.25) is 0 Å². The molecule has 2 atom stereocenters. The van der Waals surface area contributed by atoms with Crippen molar-refractivity contribution in [1.82, 2.24) is 5.32 Å². The molecule has 0 radical (unpaired) electrons. The number of nitrogens with one attached hydrogen (secondary N) is 1. The number of sulfone groups is 1. The Morgan fingerprint density at radius 1 is 1.60 bits per heavy atom. The second kappa shape index (κ2) is 2.51. The maximum absolute atomic E-state index is 11.0. The molecule has 2 unspecified atom stereocenters. The predicted molar refractivity (Wildman–Crippen MR) is 40.7 cm³/mol. The van der Waals surface area contributed by atoms with Gasteiger partial charge in [-0.1, -0.05) is 6.92 Å². The highest BCUT2D eigenvalue weighted by Crippen LogP contribution is 2.23. The van der Waals surface area contributed by atoms with Crippen LogP contribution in [0.2, 0.25) is 0 Å². The average Bonchev–Trinajstić information content (AvgIpc) is 1.84. The minimum atomic E-state index is -2.70. The molecule has 1 rings (SSSR count). The van der Waals surface area contributed by atoms with Crippen LogP contribution in [0.15, 0.2) is 0 Å². The quantitative estimate of drug-likeness (QED) is 0.612. The molecule has 1 saturated heterocycles. The molecule has 4 heteroatoms. The lowest BCUT2D eigenvalue weighted by Gasteiger charge is -2.35. The van der Waals surface area contributed by atoms with Gasteiger partial charge in [0.15, 0.2) is 9.84 Å². The lowest BCUT2D eigenvalue weighted by molar-refractivity contribution is 0.467. The molecular formula is C6H13NO2S. The zero-order valence-corrected chi connectivity index (χ0v) is 7.11. The highest BCUT2D eigenvalue weighted by atomic mass is 32.2. The standard InChI is InChI=1S/C6H13NO2S/c1-3-6-5(7-2)4-10(6,8)9/h5-7H,3-4H2,1-2H3. The average molecular weight is 163 g/mol. The van der Waals surface area contributed by atoms with Crippen molar-refractivity contribution in [3.63, 3.8) is 0 Å². The first-order chi connectivity index (χ1) is 4.61. The molecule has 0 amide bonds. The van der Waals surface area contributed by atoms with Crippen molar-refractivity contribution >= 4 is 9.84 Å². The fraction of sp³-hybridized carbons (Fsp3) is 1.00. The van der Waals surface area contributed by atoms with E-state index in [1.807, 2.05) is 14.0 Å². The van der Waals surface area contributed by atoms with Crippen molar-refractivity contribution in [1.29, 1.82) is 0 Å². The number of hydrogen-bond donors (Lipinski definition) is 1. The Labute approximate surface area is 61.7 Å². The van der Waals surface area contributed by atoms with Crippen molar-refractivity contribution in [2.75, 3.05) is 12.8 Å². The van der Waals surface area contributed by atoms with Crippen LogP contribution in [0.3, 0.4) is 0 Å². The van der Waals surface area contributed by atoms with Crippen molar-refractivity contribution in [2.45, 2.75) is 24.6 Å². The van der Waals surface area contributed by atoms with Crippen molar-refractivity contribution < 1.29 is 8.42 Å². The van der Waals surface area contributed by atoms with E-state index in [1.54, 1.807) is 0 Å². The van der Waals surface area contributed by atoms with Crippen LogP contribution < -0.4 is 5.32 Å². The smallest absolute Gasteiger partial charge is 0.156 e. The van der Waals surface area contributed by atoms with Crippen molar-refractivity contribution in [3.05, 3.63) is 0 Å². The molecular weight excluding hydrogens is 150 g/mol. The highest BCUT2D eigenvalue weighted by Gasteiger charge is 2.43. The molecule has 0 aromatic carbocycles. The summed E-state index contributed by atoms with van der Waals surface area (Å²) in [5.41, 5.74) is 0. The molecule has 0 saturated carbocycles. The molecule has 10 heavy (non-hydrogen) atoms. The van der Waals surface area contributed by atoms with Crippen LogP contribution in [0, 0.1) is 0 Å². The van der Waals surface area contributed by atoms with Crippen LogP contribution in [0.1, 0.15) is 13.3 Å². The Morgan fingerprint density at radius 2 is 2.20 bits per heavy atom. The zero-order chi connectivity index (χ0) is 7.78. The minimum absolute atomic E-state index is 0.127. The Bertz CT molecular complexity index is 210. The van der Waals surface area contributed by atoms with E-state index in [2.05, 4.69) is 5.32 Å². The van der Waals surface area contributed by atoms with Gasteiger partial charge in [0, 0.05) is 6.04 Å². The van der Waals surface area contributed by atoms with E-state index in [1.165, 1.54) is 0 Å². The fourth-order valence-electron chi connectivity index (χ4n) is 1.42. The van der Waals surface area contributed by atoms with E-state index in [0.717, 1.165) is 6.42 Å². The third-order valence-electron chi connectivity index (χ3n) is 2.10. The third-order valence-corrected chi connectivity index (χ3v) is 4.50. The maximum atomic E-state index is 11.0. The Kier molecular flexibility index (Phi) is 2.01. The summed E-state index contributed by atoms with van der Waals surface area (Å²) in [4.78, 5) is 0. The van der Waals surface area contributed by atoms with Crippen LogP contribution in [0.4, 0.5) is 0 Å². The monoisotopic (exact) mass is 163 g/mol. The number of hydrogen-bond acceptors (Lipinski definition) is 3. The number of rotatable bonds is 2. The Hall–Kier alpha value is -0.0900. The van der Waals surface area contributed by atoms with E-state index >= 15 is 0 Å². The molecule has 0 aliphatic carbocycles. The summed E-state index contributed by atoms with van der Waals surface area (Å²) in [6.07, 6.45) is 0.730. The molecule has 1 heterocycles. The summed E-state index contributed by atoms with van der Waals surface area (Å²) in [6, 6.07) is 0.204. The topological polar surface area (TPSA) is 46.2 Å². The summed E-state index contributed by atoms with van der Waals surface area (Å²) in [7, 11) is -0.889. The molecule has 1 fully saturated rings. The molecule has 1 N–H and O–H groups in total. The van der Waals surface area contributed by atoms with E-state index < -0.39 is 9.84 Å². The van der Waals surface area contributed by atoms with E-state index in [0.29, 0.717) is 5.75 Å². The van der Waals surface area contributed by atoms with Crippen LogP contribution >= 0.6 is 0 Å². The summed E-state index contributed by atoms with van der Waals surface area (Å²) in [5, 5.41) is 2.85.